The molecule has 0 heterocycles. The fraction of sp³-hybridized carbons (Fsp3) is 0.174. The highest BCUT2D eigenvalue weighted by Gasteiger charge is 2.10. The quantitative estimate of drug-likeness (QED) is 0.530. The van der Waals surface area contributed by atoms with E-state index in [0.29, 0.717) is 28.8 Å². The lowest BCUT2D eigenvalue weighted by molar-refractivity contribution is -0.118. The minimum absolute atomic E-state index is 0.154. The number of carbonyl (C=O) groups excluding carboxylic acids is 1. The lowest BCUT2D eigenvalue weighted by Crippen LogP contribution is -2.20. The molecule has 3 rings (SSSR count). The maximum absolute atomic E-state index is 12.2. The van der Waals surface area contributed by atoms with Crippen LogP contribution in [0, 0.1) is 6.92 Å². The Bertz CT molecular complexity index is 974. The lowest BCUT2D eigenvalue weighted by Gasteiger charge is -2.12. The molecule has 0 aliphatic carbocycles. The van der Waals surface area contributed by atoms with E-state index in [1.807, 2.05) is 36.4 Å². The van der Waals surface area contributed by atoms with Gasteiger partial charge in [0.25, 0.3) is 5.91 Å². The third-order valence-electron chi connectivity index (χ3n) is 4.28. The smallest absolute Gasteiger partial charge is 0.262 e. The monoisotopic (exact) mass is 410 g/mol. The molecule has 0 spiro atoms. The summed E-state index contributed by atoms with van der Waals surface area (Å²) in [5.74, 6) is 0.751. The SMILES string of the molecule is COc1ccccc1NC(=O)COc1ccc(CNc2ccc(C)cc2)cc1Cl. The van der Waals surface area contributed by atoms with Gasteiger partial charge >= 0.3 is 0 Å². The molecule has 6 heteroatoms. The lowest BCUT2D eigenvalue weighted by atomic mass is 10.2. The molecule has 29 heavy (non-hydrogen) atoms. The summed E-state index contributed by atoms with van der Waals surface area (Å²) in [7, 11) is 1.55. The highest BCUT2D eigenvalue weighted by atomic mass is 35.5. The molecular formula is C23H23ClN2O3. The van der Waals surface area contributed by atoms with E-state index in [2.05, 4.69) is 29.7 Å². The van der Waals surface area contributed by atoms with E-state index in [-0.39, 0.29) is 12.5 Å². The number of aryl methyl sites for hydroxylation is 1. The number of para-hydroxylation sites is 2. The van der Waals surface area contributed by atoms with Gasteiger partial charge in [0.1, 0.15) is 11.5 Å². The predicted octanol–water partition coefficient (Wildman–Crippen LogP) is 5.29. The Hall–Kier alpha value is -3.18. The second-order valence-electron chi connectivity index (χ2n) is 6.52. The van der Waals surface area contributed by atoms with Gasteiger partial charge in [-0.25, -0.2) is 0 Å². The number of anilines is 2. The van der Waals surface area contributed by atoms with Crippen LogP contribution in [0.15, 0.2) is 66.7 Å². The van der Waals surface area contributed by atoms with E-state index in [1.165, 1.54) is 5.56 Å². The Balaban J connectivity index is 1.53. The number of halogens is 1. The van der Waals surface area contributed by atoms with Gasteiger partial charge in [0.15, 0.2) is 6.61 Å². The zero-order valence-corrected chi connectivity index (χ0v) is 17.1. The molecule has 0 bridgehead atoms. The summed E-state index contributed by atoms with van der Waals surface area (Å²) in [4.78, 5) is 12.2. The van der Waals surface area contributed by atoms with Crippen molar-refractivity contribution in [3.8, 4) is 11.5 Å². The fourth-order valence-electron chi connectivity index (χ4n) is 2.72. The molecule has 0 fully saturated rings. The summed E-state index contributed by atoms with van der Waals surface area (Å²) >= 11 is 6.32. The zero-order valence-electron chi connectivity index (χ0n) is 16.4. The second kappa shape index (κ2) is 9.85. The Morgan fingerprint density at radius 1 is 1.00 bits per heavy atom. The summed E-state index contributed by atoms with van der Waals surface area (Å²) < 4.78 is 10.8. The topological polar surface area (TPSA) is 59.6 Å². The molecule has 0 saturated carbocycles. The van der Waals surface area contributed by atoms with Crippen molar-refractivity contribution in [2.75, 3.05) is 24.4 Å². The standard InChI is InChI=1S/C23H23ClN2O3/c1-16-7-10-18(11-8-16)25-14-17-9-12-21(19(24)13-17)29-15-23(27)26-20-5-3-4-6-22(20)28-2/h3-13,25H,14-15H2,1-2H3,(H,26,27). The van der Waals surface area contributed by atoms with Crippen molar-refractivity contribution in [1.29, 1.82) is 0 Å². The Morgan fingerprint density at radius 2 is 1.76 bits per heavy atom. The van der Waals surface area contributed by atoms with E-state index in [0.717, 1.165) is 11.3 Å². The molecule has 0 aliphatic heterocycles. The molecule has 5 nitrogen and oxygen atoms in total. The van der Waals surface area contributed by atoms with Crippen LogP contribution in [0.3, 0.4) is 0 Å². The van der Waals surface area contributed by atoms with Crippen molar-refractivity contribution >= 4 is 28.9 Å². The minimum Gasteiger partial charge on any atom is -0.495 e. The van der Waals surface area contributed by atoms with Crippen LogP contribution in [-0.4, -0.2) is 19.6 Å². The van der Waals surface area contributed by atoms with Crippen LogP contribution in [0.1, 0.15) is 11.1 Å². The number of carbonyl (C=O) groups is 1. The van der Waals surface area contributed by atoms with Gasteiger partial charge in [-0.05, 0) is 48.9 Å². The average molecular weight is 411 g/mol. The number of amides is 1. The van der Waals surface area contributed by atoms with Gasteiger partial charge in [0.05, 0.1) is 17.8 Å². The Kier molecular flexibility index (Phi) is 6.98. The van der Waals surface area contributed by atoms with Crippen LogP contribution in [0.5, 0.6) is 11.5 Å². The summed E-state index contributed by atoms with van der Waals surface area (Å²) in [6.07, 6.45) is 0. The molecule has 1 amide bonds. The van der Waals surface area contributed by atoms with Crippen LogP contribution in [0.2, 0.25) is 5.02 Å². The maximum Gasteiger partial charge on any atom is 0.262 e. The highest BCUT2D eigenvalue weighted by molar-refractivity contribution is 6.32. The normalized spacial score (nSPS) is 10.3. The molecule has 0 aromatic heterocycles. The van der Waals surface area contributed by atoms with E-state index in [1.54, 1.807) is 25.3 Å². The third-order valence-corrected chi connectivity index (χ3v) is 4.58. The van der Waals surface area contributed by atoms with Crippen molar-refractivity contribution in [2.45, 2.75) is 13.5 Å². The van der Waals surface area contributed by atoms with Crippen LogP contribution < -0.4 is 20.1 Å². The minimum atomic E-state index is -0.296. The maximum atomic E-state index is 12.2. The van der Waals surface area contributed by atoms with Crippen LogP contribution in [0.4, 0.5) is 11.4 Å². The average Bonchev–Trinajstić information content (AvgIpc) is 2.73. The van der Waals surface area contributed by atoms with Crippen LogP contribution in [-0.2, 0) is 11.3 Å². The zero-order chi connectivity index (χ0) is 20.6. The first-order chi connectivity index (χ1) is 14.0. The molecule has 150 valence electrons. The molecule has 0 atom stereocenters. The number of hydrogen-bond donors (Lipinski definition) is 2. The summed E-state index contributed by atoms with van der Waals surface area (Å²) in [6.45, 7) is 2.54. The molecule has 0 radical (unpaired) electrons. The fourth-order valence-corrected chi connectivity index (χ4v) is 2.98. The van der Waals surface area contributed by atoms with Crippen molar-refractivity contribution in [2.24, 2.45) is 0 Å². The summed E-state index contributed by atoms with van der Waals surface area (Å²) in [5.41, 5.74) is 3.86. The number of ether oxygens (including phenoxy) is 2. The van der Waals surface area contributed by atoms with Crippen LogP contribution >= 0.6 is 11.6 Å². The Labute approximate surface area is 175 Å². The van der Waals surface area contributed by atoms with Gasteiger partial charge in [-0.2, -0.15) is 0 Å². The van der Waals surface area contributed by atoms with E-state index >= 15 is 0 Å². The van der Waals surface area contributed by atoms with E-state index in [4.69, 9.17) is 21.1 Å². The molecular weight excluding hydrogens is 388 g/mol. The second-order valence-corrected chi connectivity index (χ2v) is 6.93. The van der Waals surface area contributed by atoms with Crippen LogP contribution in [0.25, 0.3) is 0 Å². The van der Waals surface area contributed by atoms with Crippen molar-refractivity contribution in [1.82, 2.24) is 0 Å². The molecule has 0 aliphatic rings. The van der Waals surface area contributed by atoms with E-state index < -0.39 is 0 Å². The third kappa shape index (κ3) is 5.90. The summed E-state index contributed by atoms with van der Waals surface area (Å²) in [5, 5.41) is 6.57. The number of benzene rings is 3. The molecule has 3 aromatic rings. The van der Waals surface area contributed by atoms with Gasteiger partial charge in [-0.3, -0.25) is 4.79 Å². The summed E-state index contributed by atoms with van der Waals surface area (Å²) in [6, 6.07) is 20.9. The first kappa shape index (κ1) is 20.6. The Morgan fingerprint density at radius 3 is 2.48 bits per heavy atom. The van der Waals surface area contributed by atoms with Gasteiger partial charge in [0, 0.05) is 12.2 Å². The van der Waals surface area contributed by atoms with Gasteiger partial charge in [-0.1, -0.05) is 47.5 Å². The highest BCUT2D eigenvalue weighted by Crippen LogP contribution is 2.26. The molecule has 0 saturated heterocycles. The molecule has 2 N–H and O–H groups in total. The largest absolute Gasteiger partial charge is 0.495 e. The van der Waals surface area contributed by atoms with Gasteiger partial charge < -0.3 is 20.1 Å². The first-order valence-corrected chi connectivity index (χ1v) is 9.57. The van der Waals surface area contributed by atoms with E-state index in [9.17, 15) is 4.79 Å². The number of methoxy groups -OCH3 is 1. The number of nitrogens with one attached hydrogen (secondary N) is 2. The van der Waals surface area contributed by atoms with Crippen molar-refractivity contribution in [3.05, 3.63) is 82.9 Å². The van der Waals surface area contributed by atoms with Gasteiger partial charge in [-0.15, -0.1) is 0 Å². The number of hydrogen-bond acceptors (Lipinski definition) is 4. The molecule has 3 aromatic carbocycles. The predicted molar refractivity (Wildman–Crippen MR) is 117 cm³/mol. The van der Waals surface area contributed by atoms with Crippen molar-refractivity contribution in [3.63, 3.8) is 0 Å². The van der Waals surface area contributed by atoms with Gasteiger partial charge in [0.2, 0.25) is 0 Å². The number of rotatable bonds is 8. The first-order valence-electron chi connectivity index (χ1n) is 9.20. The molecule has 0 unspecified atom stereocenters. The van der Waals surface area contributed by atoms with Crippen molar-refractivity contribution < 1.29 is 14.3 Å².